The van der Waals surface area contributed by atoms with Crippen LogP contribution in [0.4, 0.5) is 0 Å². The molecule has 2 rings (SSSR count). The van der Waals surface area contributed by atoms with E-state index in [0.29, 0.717) is 17.0 Å². The van der Waals surface area contributed by atoms with Gasteiger partial charge in [-0.05, 0) is 36.9 Å². The summed E-state index contributed by atoms with van der Waals surface area (Å²) in [6, 6.07) is 0. The molecule has 0 spiro atoms. The summed E-state index contributed by atoms with van der Waals surface area (Å²) >= 11 is 1.89. The van der Waals surface area contributed by atoms with Gasteiger partial charge in [0, 0.05) is 5.92 Å². The number of hydrogen-bond acceptors (Lipinski definition) is 2. The second-order valence-electron chi connectivity index (χ2n) is 5.34. The lowest BCUT2D eigenvalue weighted by atomic mass is 9.78. The van der Waals surface area contributed by atoms with Gasteiger partial charge in [0.25, 0.3) is 0 Å². The smallest absolute Gasteiger partial charge is 0.149 e. The first-order chi connectivity index (χ1) is 6.61. The summed E-state index contributed by atoms with van der Waals surface area (Å²) in [6.45, 7) is 4.53. The van der Waals surface area contributed by atoms with E-state index in [1.807, 2.05) is 11.8 Å². The molecule has 0 bridgehead atoms. The Balaban J connectivity index is 2.03. The molecule has 2 unspecified atom stereocenters. The number of Topliss-reactive ketones (excluding diaryl/α,β-unsaturated/α-hetero) is 1. The van der Waals surface area contributed by atoms with Crippen molar-refractivity contribution in [2.75, 3.05) is 5.75 Å². The Morgan fingerprint density at radius 1 is 1.29 bits per heavy atom. The molecule has 0 radical (unpaired) electrons. The van der Waals surface area contributed by atoms with Crippen LogP contribution in [0.5, 0.6) is 0 Å². The minimum atomic E-state index is 0.278. The zero-order valence-corrected chi connectivity index (χ0v) is 10.0. The number of carbonyl (C=O) groups is 1. The van der Waals surface area contributed by atoms with E-state index in [2.05, 4.69) is 13.8 Å². The molecule has 80 valence electrons. The molecule has 2 fully saturated rings. The van der Waals surface area contributed by atoms with Gasteiger partial charge in [-0.2, -0.15) is 11.8 Å². The number of thioether (sulfide) groups is 1. The van der Waals surface area contributed by atoms with Crippen molar-refractivity contribution in [3.63, 3.8) is 0 Å². The second kappa shape index (κ2) is 3.88. The molecule has 1 aliphatic heterocycles. The summed E-state index contributed by atoms with van der Waals surface area (Å²) < 4.78 is 0. The van der Waals surface area contributed by atoms with Gasteiger partial charge < -0.3 is 0 Å². The van der Waals surface area contributed by atoms with Crippen LogP contribution in [0.15, 0.2) is 0 Å². The first kappa shape index (κ1) is 10.5. The molecule has 2 heteroatoms. The Bertz CT molecular complexity index is 228. The first-order valence-corrected chi connectivity index (χ1v) is 6.81. The van der Waals surface area contributed by atoms with Crippen LogP contribution >= 0.6 is 11.8 Å². The molecule has 0 aromatic heterocycles. The maximum atomic E-state index is 12.2. The van der Waals surface area contributed by atoms with Gasteiger partial charge in [0.1, 0.15) is 5.78 Å². The van der Waals surface area contributed by atoms with Gasteiger partial charge in [-0.1, -0.05) is 20.3 Å². The third-order valence-corrected chi connectivity index (χ3v) is 5.24. The Hall–Kier alpha value is 0.0200. The van der Waals surface area contributed by atoms with Gasteiger partial charge >= 0.3 is 0 Å². The fourth-order valence-electron chi connectivity index (χ4n) is 2.88. The zero-order chi connectivity index (χ0) is 10.2. The standard InChI is InChI=1S/C12H20OS/c1-12(2)7-3-5-9(12)11(13)10-6-4-8-14-10/h9-10H,3-8H2,1-2H3. The lowest BCUT2D eigenvalue weighted by molar-refractivity contribution is -0.124. The molecule has 1 saturated heterocycles. The fourth-order valence-corrected chi connectivity index (χ4v) is 4.16. The quantitative estimate of drug-likeness (QED) is 0.699. The molecule has 14 heavy (non-hydrogen) atoms. The van der Waals surface area contributed by atoms with E-state index in [0.717, 1.165) is 12.8 Å². The van der Waals surface area contributed by atoms with Crippen molar-refractivity contribution >= 4 is 17.5 Å². The van der Waals surface area contributed by atoms with Crippen LogP contribution in [0.25, 0.3) is 0 Å². The largest absolute Gasteiger partial charge is 0.298 e. The van der Waals surface area contributed by atoms with E-state index in [1.54, 1.807) is 0 Å². The van der Waals surface area contributed by atoms with Gasteiger partial charge in [0.05, 0.1) is 5.25 Å². The van der Waals surface area contributed by atoms with E-state index in [9.17, 15) is 4.79 Å². The lowest BCUT2D eigenvalue weighted by Gasteiger charge is -2.27. The molecule has 1 saturated carbocycles. The van der Waals surface area contributed by atoms with Crippen LogP contribution in [0.3, 0.4) is 0 Å². The van der Waals surface area contributed by atoms with Crippen LogP contribution in [-0.2, 0) is 4.79 Å². The second-order valence-corrected chi connectivity index (χ2v) is 6.65. The normalized spacial score (nSPS) is 36.1. The van der Waals surface area contributed by atoms with Crippen molar-refractivity contribution in [2.24, 2.45) is 11.3 Å². The predicted octanol–water partition coefficient (Wildman–Crippen LogP) is 3.28. The van der Waals surface area contributed by atoms with Gasteiger partial charge in [0.15, 0.2) is 0 Å². The molecule has 1 aliphatic carbocycles. The predicted molar refractivity (Wildman–Crippen MR) is 61.6 cm³/mol. The molecule has 0 aromatic carbocycles. The summed E-state index contributed by atoms with van der Waals surface area (Å²) in [6.07, 6.45) is 6.01. The van der Waals surface area contributed by atoms with E-state index in [-0.39, 0.29) is 5.41 Å². The van der Waals surface area contributed by atoms with Gasteiger partial charge in [-0.15, -0.1) is 0 Å². The van der Waals surface area contributed by atoms with Gasteiger partial charge in [-0.25, -0.2) is 0 Å². The van der Waals surface area contributed by atoms with Crippen LogP contribution in [0.2, 0.25) is 0 Å². The molecular weight excluding hydrogens is 192 g/mol. The highest BCUT2D eigenvalue weighted by molar-refractivity contribution is 8.00. The number of carbonyl (C=O) groups excluding carboxylic acids is 1. The van der Waals surface area contributed by atoms with Crippen molar-refractivity contribution in [3.05, 3.63) is 0 Å². The minimum Gasteiger partial charge on any atom is -0.298 e. The third kappa shape index (κ3) is 1.86. The van der Waals surface area contributed by atoms with E-state index >= 15 is 0 Å². The van der Waals surface area contributed by atoms with Gasteiger partial charge in [-0.3, -0.25) is 4.79 Å². The summed E-state index contributed by atoms with van der Waals surface area (Å²) in [7, 11) is 0. The Morgan fingerprint density at radius 3 is 2.57 bits per heavy atom. The van der Waals surface area contributed by atoms with Crippen LogP contribution in [-0.4, -0.2) is 16.8 Å². The molecule has 0 amide bonds. The third-order valence-electron chi connectivity index (χ3n) is 3.85. The highest BCUT2D eigenvalue weighted by atomic mass is 32.2. The summed E-state index contributed by atoms with van der Waals surface area (Å²) in [5.74, 6) is 2.12. The Kier molecular flexibility index (Phi) is 2.92. The first-order valence-electron chi connectivity index (χ1n) is 5.76. The molecular formula is C12H20OS. The van der Waals surface area contributed by atoms with Crippen molar-refractivity contribution in [1.29, 1.82) is 0 Å². The van der Waals surface area contributed by atoms with Crippen LogP contribution in [0, 0.1) is 11.3 Å². The van der Waals surface area contributed by atoms with Crippen LogP contribution in [0.1, 0.15) is 46.0 Å². The van der Waals surface area contributed by atoms with E-state index < -0.39 is 0 Å². The maximum Gasteiger partial charge on any atom is 0.149 e. The molecule has 2 aliphatic rings. The summed E-state index contributed by atoms with van der Waals surface area (Å²) in [4.78, 5) is 12.2. The van der Waals surface area contributed by atoms with Crippen molar-refractivity contribution in [1.82, 2.24) is 0 Å². The maximum absolute atomic E-state index is 12.2. The molecule has 0 aromatic rings. The number of hydrogen-bond donors (Lipinski definition) is 0. The average Bonchev–Trinajstić information content (AvgIpc) is 2.71. The van der Waals surface area contributed by atoms with Crippen LogP contribution < -0.4 is 0 Å². The van der Waals surface area contributed by atoms with E-state index in [4.69, 9.17) is 0 Å². The summed E-state index contributed by atoms with van der Waals surface area (Å²) in [5.41, 5.74) is 0.278. The Labute approximate surface area is 91.0 Å². The summed E-state index contributed by atoms with van der Waals surface area (Å²) in [5, 5.41) is 0.345. The molecule has 2 atom stereocenters. The molecule has 0 N–H and O–H groups in total. The highest BCUT2D eigenvalue weighted by Gasteiger charge is 2.42. The monoisotopic (exact) mass is 212 g/mol. The SMILES string of the molecule is CC1(C)CCCC1C(=O)C1CCCS1. The van der Waals surface area contributed by atoms with Crippen molar-refractivity contribution in [2.45, 2.75) is 51.2 Å². The molecule has 1 nitrogen and oxygen atoms in total. The fraction of sp³-hybridized carbons (Fsp3) is 0.917. The topological polar surface area (TPSA) is 17.1 Å². The van der Waals surface area contributed by atoms with E-state index in [1.165, 1.54) is 25.0 Å². The number of ketones is 1. The van der Waals surface area contributed by atoms with Gasteiger partial charge in [0.2, 0.25) is 0 Å². The highest BCUT2D eigenvalue weighted by Crippen LogP contribution is 2.45. The zero-order valence-electron chi connectivity index (χ0n) is 9.21. The molecule has 1 heterocycles. The number of rotatable bonds is 2. The Morgan fingerprint density at radius 2 is 2.07 bits per heavy atom. The lowest BCUT2D eigenvalue weighted by Crippen LogP contribution is -2.31. The average molecular weight is 212 g/mol. The van der Waals surface area contributed by atoms with Crippen molar-refractivity contribution < 1.29 is 4.79 Å². The minimum absolute atomic E-state index is 0.278. The van der Waals surface area contributed by atoms with Crippen molar-refractivity contribution in [3.8, 4) is 0 Å².